The van der Waals surface area contributed by atoms with Gasteiger partial charge in [-0.05, 0) is 43.0 Å². The first-order chi connectivity index (χ1) is 13.2. The molecule has 0 spiro atoms. The van der Waals surface area contributed by atoms with E-state index in [9.17, 15) is 13.2 Å². The lowest BCUT2D eigenvalue weighted by atomic mass is 10.2. The van der Waals surface area contributed by atoms with E-state index in [4.69, 9.17) is 0 Å². The molecule has 2 aromatic rings. The summed E-state index contributed by atoms with van der Waals surface area (Å²) in [6.45, 7) is 8.85. The molecule has 2 rings (SSSR count). The normalized spacial score (nSPS) is 14.1. The molecule has 1 aromatic carbocycles. The van der Waals surface area contributed by atoms with E-state index in [1.807, 2.05) is 39.3 Å². The second-order valence-corrected chi connectivity index (χ2v) is 9.82. The number of sulfonamides is 1. The third-order valence-corrected chi connectivity index (χ3v) is 8.01. The summed E-state index contributed by atoms with van der Waals surface area (Å²) in [6.07, 6.45) is 0. The van der Waals surface area contributed by atoms with Crippen LogP contribution < -0.4 is 10.2 Å². The second-order valence-electron chi connectivity index (χ2n) is 6.88. The monoisotopic (exact) mass is 424 g/mol. The van der Waals surface area contributed by atoms with Crippen molar-refractivity contribution in [2.24, 2.45) is 0 Å². The first-order valence-electron chi connectivity index (χ1n) is 9.47. The maximum Gasteiger partial charge on any atom is 0.282 e. The number of nitrogens with one attached hydrogen (secondary N) is 2. The van der Waals surface area contributed by atoms with E-state index < -0.39 is 10.0 Å². The zero-order valence-corrected chi connectivity index (χ0v) is 18.8. The van der Waals surface area contributed by atoms with Crippen molar-refractivity contribution in [3.05, 3.63) is 46.2 Å². The minimum absolute atomic E-state index is 0.135. The summed E-state index contributed by atoms with van der Waals surface area (Å²) < 4.78 is 27.2. The molecule has 0 saturated carbocycles. The van der Waals surface area contributed by atoms with E-state index in [1.54, 1.807) is 36.5 Å². The van der Waals surface area contributed by atoms with E-state index in [2.05, 4.69) is 11.4 Å². The molecule has 2 N–H and O–H groups in total. The van der Waals surface area contributed by atoms with Gasteiger partial charge in [0, 0.05) is 18.8 Å². The topological polar surface area (TPSA) is 70.9 Å². The van der Waals surface area contributed by atoms with Crippen LogP contribution in [0.2, 0.25) is 0 Å². The van der Waals surface area contributed by atoms with Crippen molar-refractivity contribution < 1.29 is 18.1 Å². The zero-order valence-electron chi connectivity index (χ0n) is 17.2. The number of carbonyl (C=O) groups is 1. The molecule has 0 saturated heterocycles. The number of hydrogen-bond donors (Lipinski definition) is 2. The van der Waals surface area contributed by atoms with Crippen LogP contribution in [-0.4, -0.2) is 44.8 Å². The summed E-state index contributed by atoms with van der Waals surface area (Å²) in [5, 5.41) is 4.90. The van der Waals surface area contributed by atoms with E-state index in [-0.39, 0.29) is 16.8 Å². The van der Waals surface area contributed by atoms with Gasteiger partial charge in [0.05, 0.1) is 16.8 Å². The van der Waals surface area contributed by atoms with Crippen LogP contribution in [0.4, 0.5) is 5.69 Å². The molecular weight excluding hydrogens is 394 g/mol. The molecule has 0 aliphatic carbocycles. The number of benzene rings is 1. The van der Waals surface area contributed by atoms with Gasteiger partial charge < -0.3 is 10.2 Å². The molecule has 154 valence electrons. The molecule has 1 unspecified atom stereocenters. The predicted octanol–water partition coefficient (Wildman–Crippen LogP) is 2.13. The SMILES string of the molecule is CCN(CC)S(=O)(=O)c1cc(NC(=O)[C@@H](C)[NH+](C)Cc2cccs2)ccc1C. The van der Waals surface area contributed by atoms with E-state index in [0.29, 0.717) is 24.3 Å². The fraction of sp³-hybridized carbons (Fsp3) is 0.450. The number of nitrogens with zero attached hydrogens (tertiary/aromatic N) is 1. The Morgan fingerprint density at radius 3 is 2.50 bits per heavy atom. The van der Waals surface area contributed by atoms with Gasteiger partial charge in [0.1, 0.15) is 6.54 Å². The Morgan fingerprint density at radius 1 is 1.25 bits per heavy atom. The summed E-state index contributed by atoms with van der Waals surface area (Å²) in [5.74, 6) is -0.135. The summed E-state index contributed by atoms with van der Waals surface area (Å²) in [4.78, 5) is 15.2. The number of rotatable bonds is 9. The standard InChI is InChI=1S/C20H29N3O3S2/c1-6-23(7-2)28(25,26)19-13-17(11-10-15(19)3)21-20(24)16(4)22(5)14-18-9-8-12-27-18/h8-13,16H,6-7,14H2,1-5H3,(H,21,24)/p+1/t16-/m1/s1. The van der Waals surface area contributed by atoms with E-state index >= 15 is 0 Å². The minimum atomic E-state index is -3.58. The van der Waals surface area contributed by atoms with Gasteiger partial charge in [0.15, 0.2) is 6.04 Å². The molecule has 0 fully saturated rings. The highest BCUT2D eigenvalue weighted by atomic mass is 32.2. The van der Waals surface area contributed by atoms with Gasteiger partial charge in [0.25, 0.3) is 5.91 Å². The van der Waals surface area contributed by atoms with Gasteiger partial charge in [-0.25, -0.2) is 8.42 Å². The summed E-state index contributed by atoms with van der Waals surface area (Å²) in [6, 6.07) is 8.83. The lowest BCUT2D eigenvalue weighted by Gasteiger charge is -2.22. The summed E-state index contributed by atoms with van der Waals surface area (Å²) in [7, 11) is -1.60. The predicted molar refractivity (Wildman–Crippen MR) is 114 cm³/mol. The zero-order chi connectivity index (χ0) is 20.9. The Balaban J connectivity index is 2.17. The van der Waals surface area contributed by atoms with Crippen LogP contribution in [0.25, 0.3) is 0 Å². The van der Waals surface area contributed by atoms with Crippen molar-refractivity contribution >= 4 is 33.0 Å². The summed E-state index contributed by atoms with van der Waals surface area (Å²) >= 11 is 1.67. The molecule has 1 aromatic heterocycles. The number of anilines is 1. The number of amides is 1. The lowest BCUT2D eigenvalue weighted by Crippen LogP contribution is -3.12. The van der Waals surface area contributed by atoms with Gasteiger partial charge in [-0.1, -0.05) is 26.0 Å². The van der Waals surface area contributed by atoms with Crippen LogP contribution in [0.15, 0.2) is 40.6 Å². The molecule has 28 heavy (non-hydrogen) atoms. The van der Waals surface area contributed by atoms with Crippen LogP contribution in [0.3, 0.4) is 0 Å². The molecule has 0 aliphatic rings. The molecule has 2 atom stereocenters. The minimum Gasteiger partial charge on any atom is -0.323 e. The first-order valence-corrected chi connectivity index (χ1v) is 11.8. The molecule has 1 heterocycles. The Morgan fingerprint density at radius 2 is 1.93 bits per heavy atom. The second kappa shape index (κ2) is 9.65. The number of hydrogen-bond acceptors (Lipinski definition) is 4. The molecule has 6 nitrogen and oxygen atoms in total. The fourth-order valence-corrected chi connectivity index (χ4v) is 5.48. The molecule has 0 radical (unpaired) electrons. The number of quaternary nitrogens is 1. The van der Waals surface area contributed by atoms with Gasteiger partial charge >= 0.3 is 0 Å². The van der Waals surface area contributed by atoms with Gasteiger partial charge in [-0.2, -0.15) is 4.31 Å². The van der Waals surface area contributed by atoms with Crippen molar-refractivity contribution in [2.75, 3.05) is 25.5 Å². The third kappa shape index (κ3) is 5.20. The van der Waals surface area contributed by atoms with Crippen LogP contribution in [-0.2, 0) is 21.4 Å². The van der Waals surface area contributed by atoms with Crippen molar-refractivity contribution in [1.29, 1.82) is 0 Å². The van der Waals surface area contributed by atoms with Crippen molar-refractivity contribution in [3.63, 3.8) is 0 Å². The van der Waals surface area contributed by atoms with Crippen molar-refractivity contribution in [2.45, 2.75) is 45.2 Å². The third-order valence-electron chi connectivity index (χ3n) is 4.94. The Bertz CT molecular complexity index is 891. The number of carbonyl (C=O) groups excluding carboxylic acids is 1. The molecule has 0 aliphatic heterocycles. The van der Waals surface area contributed by atoms with Gasteiger partial charge in [0.2, 0.25) is 10.0 Å². The maximum absolute atomic E-state index is 12.9. The van der Waals surface area contributed by atoms with E-state index in [1.165, 1.54) is 9.18 Å². The number of thiophene rings is 1. The maximum atomic E-state index is 12.9. The van der Waals surface area contributed by atoms with Crippen molar-refractivity contribution in [1.82, 2.24) is 4.31 Å². The number of aryl methyl sites for hydroxylation is 1. The largest absolute Gasteiger partial charge is 0.323 e. The number of likely N-dealkylation sites (N-methyl/N-ethyl adjacent to an activating group) is 1. The molecule has 8 heteroatoms. The van der Waals surface area contributed by atoms with Crippen LogP contribution in [0, 0.1) is 6.92 Å². The van der Waals surface area contributed by atoms with Crippen LogP contribution in [0.1, 0.15) is 31.2 Å². The Hall–Kier alpha value is -1.74. The highest BCUT2D eigenvalue weighted by molar-refractivity contribution is 7.89. The Kier molecular flexibility index (Phi) is 7.77. The average Bonchev–Trinajstić information content (AvgIpc) is 3.16. The average molecular weight is 425 g/mol. The van der Waals surface area contributed by atoms with E-state index in [0.717, 1.165) is 11.4 Å². The summed E-state index contributed by atoms with van der Waals surface area (Å²) in [5.41, 5.74) is 1.16. The molecule has 0 bridgehead atoms. The lowest BCUT2D eigenvalue weighted by molar-refractivity contribution is -0.907. The highest BCUT2D eigenvalue weighted by Crippen LogP contribution is 2.23. The van der Waals surface area contributed by atoms with Crippen LogP contribution >= 0.6 is 11.3 Å². The first kappa shape index (κ1) is 22.5. The van der Waals surface area contributed by atoms with Crippen molar-refractivity contribution in [3.8, 4) is 0 Å². The van der Waals surface area contributed by atoms with Gasteiger partial charge in [-0.15, -0.1) is 11.3 Å². The molecular formula is C20H30N3O3S2+. The molecule has 1 amide bonds. The van der Waals surface area contributed by atoms with Crippen LogP contribution in [0.5, 0.6) is 0 Å². The smallest absolute Gasteiger partial charge is 0.282 e. The van der Waals surface area contributed by atoms with Gasteiger partial charge in [-0.3, -0.25) is 4.79 Å². The highest BCUT2D eigenvalue weighted by Gasteiger charge is 2.26. The quantitative estimate of drug-likeness (QED) is 0.648. The Labute approximate surface area is 172 Å². The fourth-order valence-electron chi connectivity index (χ4n) is 2.97.